The van der Waals surface area contributed by atoms with Crippen LogP contribution in [0.2, 0.25) is 0 Å². The summed E-state index contributed by atoms with van der Waals surface area (Å²) >= 11 is 0. The van der Waals surface area contributed by atoms with E-state index in [4.69, 9.17) is 5.73 Å². The number of aryl methyl sites for hydroxylation is 3. The van der Waals surface area contributed by atoms with Crippen LogP contribution < -0.4 is 5.73 Å². The molecule has 2 aromatic rings. The predicted octanol–water partition coefficient (Wildman–Crippen LogP) is 2.16. The second-order valence-electron chi connectivity index (χ2n) is 4.39. The van der Waals surface area contributed by atoms with Crippen molar-refractivity contribution in [2.45, 2.75) is 40.2 Å². The third-order valence-electron chi connectivity index (χ3n) is 3.07. The first-order chi connectivity index (χ1) is 8.69. The minimum absolute atomic E-state index is 0.479. The Labute approximate surface area is 108 Å². The lowest BCUT2D eigenvalue weighted by molar-refractivity contribution is 0.756. The van der Waals surface area contributed by atoms with Crippen molar-refractivity contribution in [1.29, 1.82) is 0 Å². The van der Waals surface area contributed by atoms with Gasteiger partial charge in [-0.2, -0.15) is 5.10 Å². The lowest BCUT2D eigenvalue weighted by Gasteiger charge is -2.10. The van der Waals surface area contributed by atoms with E-state index in [1.165, 1.54) is 5.69 Å². The first kappa shape index (κ1) is 12.8. The van der Waals surface area contributed by atoms with E-state index in [9.17, 15) is 0 Å². The molecule has 0 spiro atoms. The van der Waals surface area contributed by atoms with Gasteiger partial charge in [0, 0.05) is 23.5 Å². The van der Waals surface area contributed by atoms with Crippen LogP contribution in [0, 0.1) is 6.92 Å². The van der Waals surface area contributed by atoms with Gasteiger partial charge in [-0.3, -0.25) is 0 Å². The van der Waals surface area contributed by atoms with Gasteiger partial charge in [0.15, 0.2) is 5.82 Å². The highest BCUT2D eigenvalue weighted by Crippen LogP contribution is 2.16. The molecule has 0 aromatic carbocycles. The second-order valence-corrected chi connectivity index (χ2v) is 4.39. The Kier molecular flexibility index (Phi) is 3.77. The Hall–Kier alpha value is -1.68. The summed E-state index contributed by atoms with van der Waals surface area (Å²) in [7, 11) is 0. The maximum atomic E-state index is 5.79. The SMILES string of the molecule is CCc1cc(CC)n(-c2nc(C)ccc2CN)n1. The van der Waals surface area contributed by atoms with Crippen LogP contribution in [0.3, 0.4) is 0 Å². The first-order valence-electron chi connectivity index (χ1n) is 6.44. The highest BCUT2D eigenvalue weighted by molar-refractivity contribution is 5.36. The van der Waals surface area contributed by atoms with Crippen molar-refractivity contribution in [2.24, 2.45) is 5.73 Å². The minimum Gasteiger partial charge on any atom is -0.326 e. The molecule has 0 bridgehead atoms. The van der Waals surface area contributed by atoms with Gasteiger partial charge >= 0.3 is 0 Å². The molecule has 2 heterocycles. The monoisotopic (exact) mass is 244 g/mol. The Morgan fingerprint density at radius 1 is 1.22 bits per heavy atom. The van der Waals surface area contributed by atoms with E-state index in [-0.39, 0.29) is 0 Å². The molecule has 0 unspecified atom stereocenters. The van der Waals surface area contributed by atoms with Gasteiger partial charge in [-0.1, -0.05) is 19.9 Å². The van der Waals surface area contributed by atoms with E-state index in [0.29, 0.717) is 6.54 Å². The summed E-state index contributed by atoms with van der Waals surface area (Å²) in [5.41, 5.74) is 10.1. The summed E-state index contributed by atoms with van der Waals surface area (Å²) in [6.45, 7) is 6.71. The van der Waals surface area contributed by atoms with Gasteiger partial charge in [-0.25, -0.2) is 9.67 Å². The fourth-order valence-electron chi connectivity index (χ4n) is 2.00. The van der Waals surface area contributed by atoms with Crippen LogP contribution >= 0.6 is 0 Å². The van der Waals surface area contributed by atoms with E-state index in [1.807, 2.05) is 23.7 Å². The van der Waals surface area contributed by atoms with Gasteiger partial charge in [-0.15, -0.1) is 0 Å². The molecule has 0 aliphatic carbocycles. The van der Waals surface area contributed by atoms with Crippen LogP contribution in [0.5, 0.6) is 0 Å². The quantitative estimate of drug-likeness (QED) is 0.896. The van der Waals surface area contributed by atoms with Gasteiger partial charge in [0.2, 0.25) is 0 Å². The molecule has 0 amide bonds. The van der Waals surface area contributed by atoms with Crippen LogP contribution in [0.1, 0.15) is 36.5 Å². The number of nitrogens with two attached hydrogens (primary N) is 1. The molecule has 0 aliphatic rings. The Morgan fingerprint density at radius 3 is 2.61 bits per heavy atom. The molecule has 0 saturated carbocycles. The van der Waals surface area contributed by atoms with E-state index >= 15 is 0 Å². The molecule has 0 radical (unpaired) electrons. The number of hydrogen-bond donors (Lipinski definition) is 1. The molecular weight excluding hydrogens is 224 g/mol. The molecule has 4 heteroatoms. The standard InChI is InChI=1S/C14H20N4/c1-4-12-8-13(5-2)18(17-12)14-11(9-15)7-6-10(3)16-14/h6-8H,4-5,9,15H2,1-3H3. The molecule has 2 rings (SSSR count). The summed E-state index contributed by atoms with van der Waals surface area (Å²) in [5.74, 6) is 0.869. The van der Waals surface area contributed by atoms with Crippen molar-refractivity contribution >= 4 is 0 Å². The van der Waals surface area contributed by atoms with Gasteiger partial charge in [0.25, 0.3) is 0 Å². The highest BCUT2D eigenvalue weighted by Gasteiger charge is 2.12. The summed E-state index contributed by atoms with van der Waals surface area (Å²) in [6.07, 6.45) is 1.87. The summed E-state index contributed by atoms with van der Waals surface area (Å²) in [6, 6.07) is 6.16. The van der Waals surface area contributed by atoms with Crippen molar-refractivity contribution in [2.75, 3.05) is 0 Å². The van der Waals surface area contributed by atoms with Crippen LogP contribution in [0.25, 0.3) is 5.82 Å². The normalized spacial score (nSPS) is 10.9. The molecule has 2 N–H and O–H groups in total. The summed E-state index contributed by atoms with van der Waals surface area (Å²) in [5, 5.41) is 4.62. The van der Waals surface area contributed by atoms with E-state index in [0.717, 1.165) is 35.6 Å². The van der Waals surface area contributed by atoms with Gasteiger partial charge in [0.1, 0.15) is 0 Å². The maximum absolute atomic E-state index is 5.79. The van der Waals surface area contributed by atoms with Crippen molar-refractivity contribution in [3.63, 3.8) is 0 Å². The summed E-state index contributed by atoms with van der Waals surface area (Å²) < 4.78 is 1.94. The molecule has 4 nitrogen and oxygen atoms in total. The summed E-state index contributed by atoms with van der Waals surface area (Å²) in [4.78, 5) is 4.59. The molecule has 0 saturated heterocycles. The number of pyridine rings is 1. The Bertz CT molecular complexity index is 543. The molecule has 18 heavy (non-hydrogen) atoms. The lowest BCUT2D eigenvalue weighted by Crippen LogP contribution is -2.11. The average molecular weight is 244 g/mol. The van der Waals surface area contributed by atoms with Crippen molar-refractivity contribution in [3.05, 3.63) is 40.8 Å². The smallest absolute Gasteiger partial charge is 0.158 e. The third-order valence-corrected chi connectivity index (χ3v) is 3.07. The van der Waals surface area contributed by atoms with Crippen LogP contribution in [-0.4, -0.2) is 14.8 Å². The zero-order valence-corrected chi connectivity index (χ0v) is 11.3. The number of hydrogen-bond acceptors (Lipinski definition) is 3. The molecule has 0 aliphatic heterocycles. The van der Waals surface area contributed by atoms with Gasteiger partial charge < -0.3 is 5.73 Å². The number of rotatable bonds is 4. The van der Waals surface area contributed by atoms with Crippen LogP contribution in [-0.2, 0) is 19.4 Å². The molecule has 0 atom stereocenters. The predicted molar refractivity (Wildman–Crippen MR) is 72.7 cm³/mol. The van der Waals surface area contributed by atoms with Crippen molar-refractivity contribution in [3.8, 4) is 5.82 Å². The lowest BCUT2D eigenvalue weighted by atomic mass is 10.2. The fraction of sp³-hybridized carbons (Fsp3) is 0.429. The topological polar surface area (TPSA) is 56.7 Å². The Morgan fingerprint density at radius 2 is 2.00 bits per heavy atom. The molecule has 0 fully saturated rings. The zero-order valence-electron chi connectivity index (χ0n) is 11.3. The first-order valence-corrected chi connectivity index (χ1v) is 6.44. The zero-order chi connectivity index (χ0) is 13.1. The van der Waals surface area contributed by atoms with E-state index < -0.39 is 0 Å². The minimum atomic E-state index is 0.479. The fourth-order valence-corrected chi connectivity index (χ4v) is 2.00. The largest absolute Gasteiger partial charge is 0.326 e. The average Bonchev–Trinajstić information content (AvgIpc) is 2.81. The number of nitrogens with zero attached hydrogens (tertiary/aromatic N) is 3. The molecule has 96 valence electrons. The molecule has 2 aromatic heterocycles. The molecular formula is C14H20N4. The van der Waals surface area contributed by atoms with Crippen molar-refractivity contribution in [1.82, 2.24) is 14.8 Å². The maximum Gasteiger partial charge on any atom is 0.158 e. The highest BCUT2D eigenvalue weighted by atomic mass is 15.3. The second kappa shape index (κ2) is 5.31. The van der Waals surface area contributed by atoms with Crippen LogP contribution in [0.15, 0.2) is 18.2 Å². The van der Waals surface area contributed by atoms with E-state index in [1.54, 1.807) is 0 Å². The van der Waals surface area contributed by atoms with Crippen molar-refractivity contribution < 1.29 is 0 Å². The van der Waals surface area contributed by atoms with Gasteiger partial charge in [0.05, 0.1) is 5.69 Å². The number of aromatic nitrogens is 3. The van der Waals surface area contributed by atoms with E-state index in [2.05, 4.69) is 30.0 Å². The van der Waals surface area contributed by atoms with Gasteiger partial charge in [-0.05, 0) is 31.9 Å². The Balaban J connectivity index is 2.59. The third kappa shape index (κ3) is 2.29. The van der Waals surface area contributed by atoms with Crippen LogP contribution in [0.4, 0.5) is 0 Å².